The molecule has 0 aromatic rings. The third-order valence-electron chi connectivity index (χ3n) is 4.04. The van der Waals surface area contributed by atoms with Crippen LogP contribution in [-0.4, -0.2) is 72.4 Å². The Morgan fingerprint density at radius 3 is 2.20 bits per heavy atom. The summed E-state index contributed by atoms with van der Waals surface area (Å²) in [5.74, 6) is 1.27. The standard InChI is InChI=1S/C15H30N2O3/c1-12-5-13(2)7-17(6-12)14(20)8-16(4)9-15(3,10-18)11-19/h12-13,18-19H,5-11H2,1-4H3. The van der Waals surface area contributed by atoms with Crippen LogP contribution in [-0.2, 0) is 4.79 Å². The molecule has 2 unspecified atom stereocenters. The first-order chi connectivity index (χ1) is 9.29. The number of rotatable bonds is 6. The van der Waals surface area contributed by atoms with E-state index < -0.39 is 5.41 Å². The summed E-state index contributed by atoms with van der Waals surface area (Å²) in [5, 5.41) is 18.6. The lowest BCUT2D eigenvalue weighted by Gasteiger charge is -2.37. The van der Waals surface area contributed by atoms with Crippen molar-refractivity contribution in [3.8, 4) is 0 Å². The van der Waals surface area contributed by atoms with Crippen molar-refractivity contribution >= 4 is 5.91 Å². The van der Waals surface area contributed by atoms with Gasteiger partial charge in [0.1, 0.15) is 0 Å². The maximum atomic E-state index is 12.3. The average molecular weight is 286 g/mol. The van der Waals surface area contributed by atoms with E-state index in [2.05, 4.69) is 13.8 Å². The van der Waals surface area contributed by atoms with Crippen LogP contribution in [0.25, 0.3) is 0 Å². The van der Waals surface area contributed by atoms with Crippen LogP contribution in [0.15, 0.2) is 0 Å². The predicted octanol–water partition coefficient (Wildman–Crippen LogP) is 0.414. The van der Waals surface area contributed by atoms with Gasteiger partial charge in [-0.3, -0.25) is 9.69 Å². The highest BCUT2D eigenvalue weighted by Gasteiger charge is 2.28. The maximum Gasteiger partial charge on any atom is 0.236 e. The molecule has 0 saturated carbocycles. The van der Waals surface area contributed by atoms with Gasteiger partial charge in [0.15, 0.2) is 0 Å². The fourth-order valence-electron chi connectivity index (χ4n) is 3.06. The van der Waals surface area contributed by atoms with Crippen LogP contribution >= 0.6 is 0 Å². The van der Waals surface area contributed by atoms with Crippen molar-refractivity contribution in [1.82, 2.24) is 9.80 Å². The Balaban J connectivity index is 2.49. The largest absolute Gasteiger partial charge is 0.396 e. The molecule has 0 radical (unpaired) electrons. The van der Waals surface area contributed by atoms with Crippen LogP contribution in [0, 0.1) is 17.3 Å². The molecule has 20 heavy (non-hydrogen) atoms. The molecule has 0 aromatic heterocycles. The highest BCUT2D eigenvalue weighted by atomic mass is 16.3. The molecule has 0 bridgehead atoms. The van der Waals surface area contributed by atoms with Gasteiger partial charge in [-0.1, -0.05) is 20.8 Å². The third-order valence-corrected chi connectivity index (χ3v) is 4.04. The first kappa shape index (κ1) is 17.4. The molecule has 1 fully saturated rings. The van der Waals surface area contributed by atoms with Crippen LogP contribution in [0.4, 0.5) is 0 Å². The van der Waals surface area contributed by atoms with Crippen molar-refractivity contribution in [2.45, 2.75) is 27.2 Å². The van der Waals surface area contributed by atoms with Crippen LogP contribution in [0.1, 0.15) is 27.2 Å². The second-order valence-electron chi connectivity index (χ2n) is 7.04. The van der Waals surface area contributed by atoms with Gasteiger partial charge in [-0.2, -0.15) is 0 Å². The van der Waals surface area contributed by atoms with E-state index in [1.807, 2.05) is 23.8 Å². The predicted molar refractivity (Wildman–Crippen MR) is 79.3 cm³/mol. The number of hydrogen-bond acceptors (Lipinski definition) is 4. The SMILES string of the molecule is CC1CC(C)CN(C(=O)CN(C)CC(C)(CO)CO)C1. The molecule has 2 N–H and O–H groups in total. The summed E-state index contributed by atoms with van der Waals surface area (Å²) in [6.07, 6.45) is 1.19. The lowest BCUT2D eigenvalue weighted by Crippen LogP contribution is -2.48. The van der Waals surface area contributed by atoms with E-state index in [0.717, 1.165) is 13.1 Å². The van der Waals surface area contributed by atoms with E-state index in [4.69, 9.17) is 0 Å². The molecule has 5 heteroatoms. The number of hydrogen-bond donors (Lipinski definition) is 2. The van der Waals surface area contributed by atoms with Crippen LogP contribution in [0.2, 0.25) is 0 Å². The summed E-state index contributed by atoms with van der Waals surface area (Å²) in [7, 11) is 1.86. The van der Waals surface area contributed by atoms with Crippen LogP contribution in [0.5, 0.6) is 0 Å². The zero-order valence-electron chi connectivity index (χ0n) is 13.3. The number of likely N-dealkylation sites (N-methyl/N-ethyl adjacent to an activating group) is 1. The second kappa shape index (κ2) is 7.38. The molecular weight excluding hydrogens is 256 g/mol. The molecule has 1 aliphatic rings. The monoisotopic (exact) mass is 286 g/mol. The lowest BCUT2D eigenvalue weighted by atomic mass is 9.91. The van der Waals surface area contributed by atoms with Gasteiger partial charge >= 0.3 is 0 Å². The summed E-state index contributed by atoms with van der Waals surface area (Å²) < 4.78 is 0. The van der Waals surface area contributed by atoms with E-state index >= 15 is 0 Å². The van der Waals surface area contributed by atoms with E-state index in [1.54, 1.807) is 0 Å². The Morgan fingerprint density at radius 2 is 1.75 bits per heavy atom. The number of nitrogens with zero attached hydrogens (tertiary/aromatic N) is 2. The van der Waals surface area contributed by atoms with Gasteiger partial charge in [0.25, 0.3) is 0 Å². The molecule has 1 heterocycles. The fraction of sp³-hybridized carbons (Fsp3) is 0.933. The molecule has 2 atom stereocenters. The normalized spacial score (nSPS) is 24.2. The highest BCUT2D eigenvalue weighted by Crippen LogP contribution is 2.21. The van der Waals surface area contributed by atoms with E-state index in [1.165, 1.54) is 6.42 Å². The first-order valence-electron chi connectivity index (χ1n) is 7.47. The smallest absolute Gasteiger partial charge is 0.236 e. The molecule has 1 amide bonds. The van der Waals surface area contributed by atoms with Gasteiger partial charge in [-0.15, -0.1) is 0 Å². The minimum Gasteiger partial charge on any atom is -0.396 e. The Morgan fingerprint density at radius 1 is 1.25 bits per heavy atom. The van der Waals surface area contributed by atoms with E-state index in [-0.39, 0.29) is 19.1 Å². The van der Waals surface area contributed by atoms with Crippen molar-refractivity contribution < 1.29 is 15.0 Å². The van der Waals surface area contributed by atoms with Gasteiger partial charge < -0.3 is 15.1 Å². The third kappa shape index (κ3) is 5.04. The van der Waals surface area contributed by atoms with Crippen LogP contribution < -0.4 is 0 Å². The minimum absolute atomic E-state index is 0.0835. The van der Waals surface area contributed by atoms with E-state index in [0.29, 0.717) is 24.9 Å². The molecule has 118 valence electrons. The molecular formula is C15H30N2O3. The highest BCUT2D eigenvalue weighted by molar-refractivity contribution is 5.78. The zero-order valence-corrected chi connectivity index (χ0v) is 13.3. The number of carbonyl (C=O) groups is 1. The Labute approximate surface area is 122 Å². The Bertz CT molecular complexity index is 308. The molecule has 5 nitrogen and oxygen atoms in total. The van der Waals surface area contributed by atoms with Gasteiger partial charge in [0, 0.05) is 25.0 Å². The minimum atomic E-state index is -0.558. The molecule has 0 aromatic carbocycles. The molecule has 0 aliphatic carbocycles. The molecule has 1 aliphatic heterocycles. The van der Waals surface area contributed by atoms with E-state index in [9.17, 15) is 15.0 Å². The number of piperidine rings is 1. The summed E-state index contributed by atoms with van der Waals surface area (Å²) in [6.45, 7) is 8.56. The second-order valence-corrected chi connectivity index (χ2v) is 7.04. The first-order valence-corrected chi connectivity index (χ1v) is 7.47. The fourth-order valence-corrected chi connectivity index (χ4v) is 3.06. The van der Waals surface area contributed by atoms with Gasteiger partial charge in [-0.25, -0.2) is 0 Å². The summed E-state index contributed by atoms with van der Waals surface area (Å²) in [5.41, 5.74) is -0.558. The lowest BCUT2D eigenvalue weighted by molar-refractivity contribution is -0.135. The van der Waals surface area contributed by atoms with Crippen molar-refractivity contribution in [2.24, 2.45) is 17.3 Å². The number of carbonyl (C=O) groups excluding carboxylic acids is 1. The topological polar surface area (TPSA) is 64.0 Å². The number of amides is 1. The number of aliphatic hydroxyl groups excluding tert-OH is 2. The molecule has 0 spiro atoms. The van der Waals surface area contributed by atoms with Gasteiger partial charge in [0.2, 0.25) is 5.91 Å². The Kier molecular flexibility index (Phi) is 6.43. The van der Waals surface area contributed by atoms with Crippen LogP contribution in [0.3, 0.4) is 0 Å². The summed E-state index contributed by atoms with van der Waals surface area (Å²) in [4.78, 5) is 16.2. The van der Waals surface area contributed by atoms with Crippen molar-refractivity contribution in [3.63, 3.8) is 0 Å². The zero-order chi connectivity index (χ0) is 15.3. The molecule has 1 saturated heterocycles. The maximum absolute atomic E-state index is 12.3. The summed E-state index contributed by atoms with van der Waals surface area (Å²) >= 11 is 0. The Hall–Kier alpha value is -0.650. The van der Waals surface area contributed by atoms with Crippen molar-refractivity contribution in [2.75, 3.05) is 46.4 Å². The molecule has 1 rings (SSSR count). The van der Waals surface area contributed by atoms with Gasteiger partial charge in [0.05, 0.1) is 19.8 Å². The average Bonchev–Trinajstić information content (AvgIpc) is 2.37. The summed E-state index contributed by atoms with van der Waals surface area (Å²) in [6, 6.07) is 0. The van der Waals surface area contributed by atoms with Crippen molar-refractivity contribution in [1.29, 1.82) is 0 Å². The van der Waals surface area contributed by atoms with Gasteiger partial charge in [-0.05, 0) is 25.3 Å². The quantitative estimate of drug-likeness (QED) is 0.742. The number of likely N-dealkylation sites (tertiary alicyclic amines) is 1. The number of aliphatic hydroxyl groups is 2. The van der Waals surface area contributed by atoms with Crippen molar-refractivity contribution in [3.05, 3.63) is 0 Å².